The Morgan fingerprint density at radius 1 is 1.20 bits per heavy atom. The molecule has 2 heterocycles. The number of nitrogens with zero attached hydrogens (tertiary/aromatic N) is 2. The predicted octanol–water partition coefficient (Wildman–Crippen LogP) is 2.32. The van der Waals surface area contributed by atoms with Crippen molar-refractivity contribution in [2.45, 2.75) is 58.4 Å². The summed E-state index contributed by atoms with van der Waals surface area (Å²) in [6.45, 7) is 4.38. The van der Waals surface area contributed by atoms with Crippen molar-refractivity contribution in [1.82, 2.24) is 20.7 Å². The number of cyclic esters (lactones) is 1. The maximum absolute atomic E-state index is 13.4. The van der Waals surface area contributed by atoms with Gasteiger partial charge in [-0.1, -0.05) is 19.9 Å². The molecule has 4 amide bonds. The quantitative estimate of drug-likeness (QED) is 0.365. The Hall–Kier alpha value is -3.21. The molecule has 11 nitrogen and oxygen atoms in total. The van der Waals surface area contributed by atoms with Crippen LogP contribution in [0, 0.1) is 17.8 Å². The molecule has 0 unspecified atom stereocenters. The highest BCUT2D eigenvalue weighted by Crippen LogP contribution is 2.26. The Labute approximate surface area is 205 Å². The van der Waals surface area contributed by atoms with Gasteiger partial charge < -0.3 is 20.3 Å². The van der Waals surface area contributed by atoms with E-state index in [0.717, 1.165) is 0 Å². The smallest absolute Gasteiger partial charge is 0.409 e. The Balaban J connectivity index is 2.31. The van der Waals surface area contributed by atoms with Crippen molar-refractivity contribution in [1.29, 1.82) is 0 Å². The molecule has 4 N–H and O–H groups in total. The molecular formula is C24H37N5O6. The first-order valence-electron chi connectivity index (χ1n) is 12.1. The van der Waals surface area contributed by atoms with Gasteiger partial charge >= 0.3 is 6.09 Å². The van der Waals surface area contributed by atoms with Crippen LogP contribution in [0.4, 0.5) is 10.6 Å². The van der Waals surface area contributed by atoms with Crippen molar-refractivity contribution in [2.24, 2.45) is 17.8 Å². The predicted molar refractivity (Wildman–Crippen MR) is 128 cm³/mol. The van der Waals surface area contributed by atoms with E-state index >= 15 is 0 Å². The fourth-order valence-electron chi connectivity index (χ4n) is 4.12. The van der Waals surface area contributed by atoms with Gasteiger partial charge in [-0.3, -0.25) is 19.6 Å². The second-order valence-electron chi connectivity index (χ2n) is 9.26. The van der Waals surface area contributed by atoms with Crippen molar-refractivity contribution < 1.29 is 29.1 Å². The Bertz CT molecular complexity index is 850. The topological polar surface area (TPSA) is 150 Å². The lowest BCUT2D eigenvalue weighted by atomic mass is 9.81. The Morgan fingerprint density at radius 2 is 1.97 bits per heavy atom. The largest absolute Gasteiger partial charge is 0.449 e. The van der Waals surface area contributed by atoms with E-state index in [0.29, 0.717) is 44.5 Å². The molecule has 0 spiro atoms. The van der Waals surface area contributed by atoms with E-state index < -0.39 is 41.7 Å². The highest BCUT2D eigenvalue weighted by Gasteiger charge is 2.36. The molecule has 194 valence electrons. The molecular weight excluding hydrogens is 454 g/mol. The lowest BCUT2D eigenvalue weighted by molar-refractivity contribution is -0.142. The third-order valence-corrected chi connectivity index (χ3v) is 5.98. The summed E-state index contributed by atoms with van der Waals surface area (Å²) in [6.07, 6.45) is 3.52. The van der Waals surface area contributed by atoms with Gasteiger partial charge in [0.2, 0.25) is 17.7 Å². The highest BCUT2D eigenvalue weighted by atomic mass is 16.6. The SMILES string of the molecule is CC(C)C[C@H]1C(=O)N[C@H](C(=O)Nc2ccccn2)CCCCN(C)C(=O)OCCC[C@@H]1C(=O)NO. The van der Waals surface area contributed by atoms with E-state index in [1.807, 2.05) is 13.8 Å². The normalized spacial score (nSPS) is 22.9. The number of rotatable bonds is 5. The lowest BCUT2D eigenvalue weighted by Gasteiger charge is -2.28. The van der Waals surface area contributed by atoms with E-state index in [4.69, 9.17) is 4.74 Å². The fourth-order valence-corrected chi connectivity index (χ4v) is 4.12. The van der Waals surface area contributed by atoms with Gasteiger partial charge in [-0.05, 0) is 56.6 Å². The van der Waals surface area contributed by atoms with E-state index in [2.05, 4.69) is 15.6 Å². The second-order valence-corrected chi connectivity index (χ2v) is 9.26. The summed E-state index contributed by atoms with van der Waals surface area (Å²) in [7, 11) is 1.63. The van der Waals surface area contributed by atoms with Crippen LogP contribution in [-0.4, -0.2) is 65.1 Å². The molecule has 1 fully saturated rings. The van der Waals surface area contributed by atoms with Crippen LogP contribution >= 0.6 is 0 Å². The average molecular weight is 492 g/mol. The van der Waals surface area contributed by atoms with Crippen LogP contribution < -0.4 is 16.1 Å². The first kappa shape index (κ1) is 28.0. The fraction of sp³-hybridized carbons (Fsp3) is 0.625. The number of ether oxygens (including phenoxy) is 1. The average Bonchev–Trinajstić information content (AvgIpc) is 2.84. The molecule has 1 aromatic rings. The van der Waals surface area contributed by atoms with Crippen molar-refractivity contribution in [3.63, 3.8) is 0 Å². The van der Waals surface area contributed by atoms with E-state index in [1.54, 1.807) is 36.9 Å². The number of hydrogen-bond acceptors (Lipinski definition) is 7. The van der Waals surface area contributed by atoms with Crippen LogP contribution in [0.5, 0.6) is 0 Å². The third-order valence-electron chi connectivity index (χ3n) is 5.98. The van der Waals surface area contributed by atoms with Gasteiger partial charge in [0.05, 0.1) is 12.5 Å². The number of hydroxylamine groups is 1. The first-order valence-corrected chi connectivity index (χ1v) is 12.1. The van der Waals surface area contributed by atoms with Crippen LogP contribution in [0.15, 0.2) is 24.4 Å². The zero-order valence-corrected chi connectivity index (χ0v) is 20.7. The highest BCUT2D eigenvalue weighted by molar-refractivity contribution is 5.97. The number of pyridine rings is 1. The molecule has 1 saturated heterocycles. The first-order chi connectivity index (χ1) is 16.7. The number of aromatic nitrogens is 1. The maximum Gasteiger partial charge on any atom is 0.409 e. The second kappa shape index (κ2) is 14.2. The molecule has 2 rings (SSSR count). The lowest BCUT2D eigenvalue weighted by Crippen LogP contribution is -2.49. The molecule has 1 aromatic heterocycles. The van der Waals surface area contributed by atoms with Crippen molar-refractivity contribution in [3.8, 4) is 0 Å². The maximum atomic E-state index is 13.4. The summed E-state index contributed by atoms with van der Waals surface area (Å²) in [6, 6.07) is 4.25. The number of nitrogens with one attached hydrogen (secondary N) is 3. The van der Waals surface area contributed by atoms with E-state index in [-0.39, 0.29) is 18.9 Å². The minimum atomic E-state index is -0.862. The molecule has 11 heteroatoms. The number of hydrogen-bond donors (Lipinski definition) is 4. The molecule has 0 aliphatic carbocycles. The standard InChI is InChI=1S/C24H37N5O6/c1-16(2)15-18-17(22(31)28-34)9-8-14-35-24(33)29(3)13-7-5-10-19(26-21(18)30)23(32)27-20-11-4-6-12-25-20/h4,6,11-12,16-19,34H,5,7-10,13-15H2,1-3H3,(H,26,30)(H,28,31)(H,25,27,32)/t17-,18+,19-/m0/s1. The molecule has 0 aromatic carbocycles. The third kappa shape index (κ3) is 9.16. The van der Waals surface area contributed by atoms with Crippen molar-refractivity contribution >= 4 is 29.6 Å². The summed E-state index contributed by atoms with van der Waals surface area (Å²) < 4.78 is 5.28. The van der Waals surface area contributed by atoms with Crippen molar-refractivity contribution in [2.75, 3.05) is 25.5 Å². The molecule has 1 aliphatic heterocycles. The minimum Gasteiger partial charge on any atom is -0.449 e. The number of carbonyl (C=O) groups is 4. The molecule has 1 aliphatic rings. The van der Waals surface area contributed by atoms with Gasteiger partial charge in [0.15, 0.2) is 0 Å². The zero-order chi connectivity index (χ0) is 25.8. The Kier molecular flexibility index (Phi) is 11.4. The monoisotopic (exact) mass is 491 g/mol. The van der Waals surface area contributed by atoms with Crippen LogP contribution in [-0.2, 0) is 19.1 Å². The van der Waals surface area contributed by atoms with E-state index in [1.165, 1.54) is 4.90 Å². The molecule has 0 bridgehead atoms. The van der Waals surface area contributed by atoms with Crippen molar-refractivity contribution in [3.05, 3.63) is 24.4 Å². The number of anilines is 1. The van der Waals surface area contributed by atoms with Gasteiger partial charge in [0.25, 0.3) is 0 Å². The van der Waals surface area contributed by atoms with Crippen LogP contribution in [0.3, 0.4) is 0 Å². The van der Waals surface area contributed by atoms with Gasteiger partial charge in [0.1, 0.15) is 11.9 Å². The summed E-state index contributed by atoms with van der Waals surface area (Å²) >= 11 is 0. The van der Waals surface area contributed by atoms with Crippen LogP contribution in [0.25, 0.3) is 0 Å². The van der Waals surface area contributed by atoms with Gasteiger partial charge in [0, 0.05) is 25.7 Å². The molecule has 3 atom stereocenters. The van der Waals surface area contributed by atoms with Gasteiger partial charge in [-0.15, -0.1) is 0 Å². The zero-order valence-electron chi connectivity index (χ0n) is 20.7. The van der Waals surface area contributed by atoms with Crippen LogP contribution in [0.2, 0.25) is 0 Å². The van der Waals surface area contributed by atoms with E-state index in [9.17, 15) is 24.4 Å². The minimum absolute atomic E-state index is 0.0779. The summed E-state index contributed by atoms with van der Waals surface area (Å²) in [5.74, 6) is -2.74. The summed E-state index contributed by atoms with van der Waals surface area (Å²) in [5.41, 5.74) is 1.66. The molecule has 0 radical (unpaired) electrons. The van der Waals surface area contributed by atoms with Crippen LogP contribution in [0.1, 0.15) is 52.4 Å². The number of carbonyl (C=O) groups excluding carboxylic acids is 4. The van der Waals surface area contributed by atoms with Gasteiger partial charge in [-0.25, -0.2) is 15.3 Å². The summed E-state index contributed by atoms with van der Waals surface area (Å²) in [5, 5.41) is 14.9. The van der Waals surface area contributed by atoms with Gasteiger partial charge in [-0.2, -0.15) is 0 Å². The molecule has 35 heavy (non-hydrogen) atoms. The summed E-state index contributed by atoms with van der Waals surface area (Å²) in [4.78, 5) is 56.8. The molecule has 0 saturated carbocycles. The Morgan fingerprint density at radius 3 is 2.63 bits per heavy atom. The number of amides is 4.